The van der Waals surface area contributed by atoms with Crippen molar-refractivity contribution >= 4 is 5.91 Å². The number of nitrogens with two attached hydrogens (primary N) is 1. The van der Waals surface area contributed by atoms with Gasteiger partial charge in [0.2, 0.25) is 5.91 Å². The third-order valence-electron chi connectivity index (χ3n) is 1.63. The van der Waals surface area contributed by atoms with E-state index < -0.39 is 13.0 Å². The zero-order valence-corrected chi connectivity index (χ0v) is 8.21. The molecule has 0 aromatic heterocycles. The highest BCUT2D eigenvalue weighted by Gasteiger charge is 2.16. The Balaban J connectivity index is 4.01. The first kappa shape index (κ1) is 13.2. The molecule has 6 heteroatoms. The minimum absolute atomic E-state index is 0.0937. The Hall–Kier alpha value is -0.750. The summed E-state index contributed by atoms with van der Waals surface area (Å²) in [5.41, 5.74) is 5.16. The van der Waals surface area contributed by atoms with Crippen molar-refractivity contribution in [2.24, 2.45) is 5.73 Å². The number of alkyl halides is 2. The largest absolute Gasteiger partial charge is 0.383 e. The van der Waals surface area contributed by atoms with Crippen molar-refractivity contribution in [2.45, 2.75) is 12.8 Å². The van der Waals surface area contributed by atoms with Crippen LogP contribution in [0.1, 0.15) is 6.42 Å². The second-order valence-corrected chi connectivity index (χ2v) is 2.76. The van der Waals surface area contributed by atoms with E-state index in [1.807, 2.05) is 0 Å². The highest BCUT2D eigenvalue weighted by Crippen LogP contribution is 2.00. The maximum Gasteiger partial charge on any atom is 0.255 e. The summed E-state index contributed by atoms with van der Waals surface area (Å²) in [5, 5.41) is 0. The predicted molar refractivity (Wildman–Crippen MR) is 48.1 cm³/mol. The normalized spacial score (nSPS) is 10.6. The summed E-state index contributed by atoms with van der Waals surface area (Å²) in [6.45, 7) is 0.0520. The number of nitrogens with zero attached hydrogens (tertiary/aromatic N) is 1. The van der Waals surface area contributed by atoms with Crippen LogP contribution >= 0.6 is 0 Å². The average molecular weight is 210 g/mol. The fraction of sp³-hybridized carbons (Fsp3) is 0.875. The van der Waals surface area contributed by atoms with Crippen molar-refractivity contribution in [1.29, 1.82) is 0 Å². The Bertz CT molecular complexity index is 167. The second-order valence-electron chi connectivity index (χ2n) is 2.76. The third-order valence-corrected chi connectivity index (χ3v) is 1.63. The Kier molecular flexibility index (Phi) is 7.23. The van der Waals surface area contributed by atoms with Crippen molar-refractivity contribution in [3.8, 4) is 0 Å². The molecule has 1 amide bonds. The van der Waals surface area contributed by atoms with Gasteiger partial charge in [-0.1, -0.05) is 0 Å². The molecular formula is C8H16F2N2O2. The first-order valence-electron chi connectivity index (χ1n) is 4.36. The minimum Gasteiger partial charge on any atom is -0.383 e. The van der Waals surface area contributed by atoms with Crippen LogP contribution in [0.5, 0.6) is 0 Å². The van der Waals surface area contributed by atoms with Gasteiger partial charge in [-0.05, 0) is 0 Å². The highest BCUT2D eigenvalue weighted by atomic mass is 19.3. The van der Waals surface area contributed by atoms with Crippen molar-refractivity contribution in [1.82, 2.24) is 4.90 Å². The van der Waals surface area contributed by atoms with Crippen molar-refractivity contribution < 1.29 is 18.3 Å². The van der Waals surface area contributed by atoms with Gasteiger partial charge >= 0.3 is 0 Å². The molecule has 0 aliphatic heterocycles. The van der Waals surface area contributed by atoms with Crippen LogP contribution in [0.2, 0.25) is 0 Å². The SMILES string of the molecule is COCCN(CC(F)F)C(=O)CCN. The van der Waals surface area contributed by atoms with E-state index in [-0.39, 0.29) is 32.0 Å². The molecule has 14 heavy (non-hydrogen) atoms. The van der Waals surface area contributed by atoms with Crippen LogP contribution in [0.25, 0.3) is 0 Å². The van der Waals surface area contributed by atoms with Crippen molar-refractivity contribution in [3.05, 3.63) is 0 Å². The van der Waals surface area contributed by atoms with E-state index >= 15 is 0 Å². The van der Waals surface area contributed by atoms with Gasteiger partial charge in [-0.25, -0.2) is 8.78 Å². The summed E-state index contributed by atoms with van der Waals surface area (Å²) in [6, 6.07) is 0. The lowest BCUT2D eigenvalue weighted by Crippen LogP contribution is -2.38. The number of carbonyl (C=O) groups excluding carboxylic acids is 1. The molecule has 0 heterocycles. The number of hydrogen-bond acceptors (Lipinski definition) is 3. The number of amides is 1. The third kappa shape index (κ3) is 5.82. The van der Waals surface area contributed by atoms with Gasteiger partial charge in [0.1, 0.15) is 0 Å². The molecule has 0 atom stereocenters. The van der Waals surface area contributed by atoms with E-state index in [1.165, 1.54) is 7.11 Å². The van der Waals surface area contributed by atoms with Crippen LogP contribution in [-0.4, -0.2) is 50.6 Å². The molecule has 2 N–H and O–H groups in total. The Labute approximate surface area is 82.0 Å². The quantitative estimate of drug-likeness (QED) is 0.647. The van der Waals surface area contributed by atoms with Gasteiger partial charge < -0.3 is 15.4 Å². The van der Waals surface area contributed by atoms with E-state index in [0.717, 1.165) is 4.90 Å². The fourth-order valence-electron chi connectivity index (χ4n) is 0.967. The Morgan fingerprint density at radius 1 is 1.57 bits per heavy atom. The van der Waals surface area contributed by atoms with E-state index in [0.29, 0.717) is 0 Å². The van der Waals surface area contributed by atoms with Gasteiger partial charge in [-0.3, -0.25) is 4.79 Å². The van der Waals surface area contributed by atoms with Gasteiger partial charge in [-0.15, -0.1) is 0 Å². The number of halogens is 2. The lowest BCUT2D eigenvalue weighted by atomic mass is 10.3. The molecule has 0 spiro atoms. The number of rotatable bonds is 7. The molecule has 0 aromatic rings. The molecule has 0 aliphatic carbocycles. The van der Waals surface area contributed by atoms with Crippen LogP contribution in [0, 0.1) is 0 Å². The average Bonchev–Trinajstić information content (AvgIpc) is 2.12. The summed E-state index contributed by atoms with van der Waals surface area (Å²) in [5.74, 6) is -0.357. The molecule has 0 unspecified atom stereocenters. The molecule has 84 valence electrons. The Morgan fingerprint density at radius 2 is 2.21 bits per heavy atom. The molecule has 0 bridgehead atoms. The van der Waals surface area contributed by atoms with Crippen LogP contribution < -0.4 is 5.73 Å². The summed E-state index contributed by atoms with van der Waals surface area (Å²) >= 11 is 0. The molecule has 0 aromatic carbocycles. The van der Waals surface area contributed by atoms with Crippen molar-refractivity contribution in [3.63, 3.8) is 0 Å². The number of ether oxygens (including phenoxy) is 1. The summed E-state index contributed by atoms with van der Waals surface area (Å²) in [7, 11) is 1.45. The lowest BCUT2D eigenvalue weighted by Gasteiger charge is -2.21. The maximum absolute atomic E-state index is 12.0. The number of methoxy groups -OCH3 is 1. The van der Waals surface area contributed by atoms with Gasteiger partial charge in [0.25, 0.3) is 6.43 Å². The second kappa shape index (κ2) is 7.64. The molecule has 0 radical (unpaired) electrons. The van der Waals surface area contributed by atoms with Crippen LogP contribution in [0.15, 0.2) is 0 Å². The molecular weight excluding hydrogens is 194 g/mol. The van der Waals surface area contributed by atoms with Gasteiger partial charge in [0, 0.05) is 26.6 Å². The summed E-state index contributed by atoms with van der Waals surface area (Å²) in [6.07, 6.45) is -2.43. The first-order chi connectivity index (χ1) is 6.61. The first-order valence-corrected chi connectivity index (χ1v) is 4.36. The smallest absolute Gasteiger partial charge is 0.255 e. The fourth-order valence-corrected chi connectivity index (χ4v) is 0.967. The monoisotopic (exact) mass is 210 g/mol. The molecule has 4 nitrogen and oxygen atoms in total. The molecule has 0 saturated heterocycles. The van der Waals surface area contributed by atoms with Crippen LogP contribution in [0.3, 0.4) is 0 Å². The Morgan fingerprint density at radius 3 is 2.64 bits per heavy atom. The van der Waals surface area contributed by atoms with E-state index in [1.54, 1.807) is 0 Å². The zero-order valence-electron chi connectivity index (χ0n) is 8.21. The molecule has 0 fully saturated rings. The molecule has 0 saturated carbocycles. The summed E-state index contributed by atoms with van der Waals surface area (Å²) < 4.78 is 28.8. The summed E-state index contributed by atoms with van der Waals surface area (Å²) in [4.78, 5) is 12.3. The zero-order chi connectivity index (χ0) is 11.0. The minimum atomic E-state index is -2.52. The number of carbonyl (C=O) groups is 1. The van der Waals surface area contributed by atoms with Gasteiger partial charge in [0.05, 0.1) is 13.2 Å². The van der Waals surface area contributed by atoms with E-state index in [9.17, 15) is 13.6 Å². The highest BCUT2D eigenvalue weighted by molar-refractivity contribution is 5.76. The van der Waals surface area contributed by atoms with Crippen molar-refractivity contribution in [2.75, 3.05) is 33.4 Å². The van der Waals surface area contributed by atoms with Crippen LogP contribution in [0.4, 0.5) is 8.78 Å². The topological polar surface area (TPSA) is 55.6 Å². The van der Waals surface area contributed by atoms with E-state index in [4.69, 9.17) is 10.5 Å². The lowest BCUT2D eigenvalue weighted by molar-refractivity contribution is -0.133. The molecule has 0 aliphatic rings. The predicted octanol–water partition coefficient (Wildman–Crippen LogP) is 0.0753. The molecule has 0 rings (SSSR count). The van der Waals surface area contributed by atoms with Crippen LogP contribution in [-0.2, 0) is 9.53 Å². The van der Waals surface area contributed by atoms with Gasteiger partial charge in [-0.2, -0.15) is 0 Å². The standard InChI is InChI=1S/C8H16F2N2O2/c1-14-5-4-12(6-7(9)10)8(13)2-3-11/h7H,2-6,11H2,1H3. The van der Waals surface area contributed by atoms with E-state index in [2.05, 4.69) is 0 Å². The number of hydrogen-bond donors (Lipinski definition) is 1. The maximum atomic E-state index is 12.0. The van der Waals surface area contributed by atoms with Gasteiger partial charge in [0.15, 0.2) is 0 Å².